The zero-order valence-corrected chi connectivity index (χ0v) is 9.32. The van der Waals surface area contributed by atoms with E-state index in [4.69, 9.17) is 0 Å². The van der Waals surface area contributed by atoms with E-state index < -0.39 is 5.92 Å². The number of fused-ring (bicyclic) bond motifs is 1. The van der Waals surface area contributed by atoms with Crippen LogP contribution in [0, 0.1) is 13.8 Å². The fraction of sp³-hybridized carbons (Fsp3) is 0.444. The van der Waals surface area contributed by atoms with Gasteiger partial charge in [-0.05, 0) is 13.8 Å². The van der Waals surface area contributed by atoms with E-state index in [1.165, 1.54) is 0 Å². The van der Waals surface area contributed by atoms with Crippen molar-refractivity contribution in [2.45, 2.75) is 26.7 Å². The number of hydrogen-bond donors (Lipinski definition) is 0. The van der Waals surface area contributed by atoms with Gasteiger partial charge in [0.1, 0.15) is 16.2 Å². The third-order valence-corrected chi connectivity index (χ3v) is 3.04. The molecule has 80 valence electrons. The highest BCUT2D eigenvalue weighted by atomic mass is 32.1. The Morgan fingerprint density at radius 1 is 1.13 bits per heavy atom. The summed E-state index contributed by atoms with van der Waals surface area (Å²) in [5.74, 6) is -2.33. The molecule has 6 heteroatoms. The lowest BCUT2D eigenvalue weighted by Crippen LogP contribution is -2.05. The predicted molar refractivity (Wildman–Crippen MR) is 54.3 cm³/mol. The Labute approximate surface area is 89.2 Å². The van der Waals surface area contributed by atoms with E-state index in [1.54, 1.807) is 13.8 Å². The first-order chi connectivity index (χ1) is 6.88. The molecule has 3 nitrogen and oxygen atoms in total. The molecule has 0 aliphatic heterocycles. The van der Waals surface area contributed by atoms with Gasteiger partial charge in [0, 0.05) is 6.92 Å². The molecule has 0 saturated heterocycles. The number of aryl methyl sites for hydroxylation is 2. The van der Waals surface area contributed by atoms with Crippen molar-refractivity contribution in [2.75, 3.05) is 0 Å². The SMILES string of the molecule is Cc1nc(C)c2nc(C(C)(F)F)sc2n1. The maximum absolute atomic E-state index is 13.0. The first-order valence-corrected chi connectivity index (χ1v) is 5.19. The summed E-state index contributed by atoms with van der Waals surface area (Å²) in [6.45, 7) is 4.31. The van der Waals surface area contributed by atoms with Crippen LogP contribution in [0.2, 0.25) is 0 Å². The Hall–Kier alpha value is -1.17. The average Bonchev–Trinajstić information content (AvgIpc) is 2.46. The van der Waals surface area contributed by atoms with Crippen LogP contribution in [0.3, 0.4) is 0 Å². The molecule has 0 radical (unpaired) electrons. The van der Waals surface area contributed by atoms with Crippen LogP contribution in [0.15, 0.2) is 0 Å². The number of thiazole rings is 1. The van der Waals surface area contributed by atoms with Crippen LogP contribution in [-0.2, 0) is 5.92 Å². The van der Waals surface area contributed by atoms with Gasteiger partial charge in [-0.3, -0.25) is 0 Å². The fourth-order valence-corrected chi connectivity index (χ4v) is 2.25. The van der Waals surface area contributed by atoms with E-state index in [0.29, 0.717) is 21.9 Å². The van der Waals surface area contributed by atoms with Crippen molar-refractivity contribution in [1.29, 1.82) is 0 Å². The van der Waals surface area contributed by atoms with E-state index in [9.17, 15) is 8.78 Å². The molecule has 0 aliphatic carbocycles. The Morgan fingerprint density at radius 3 is 2.40 bits per heavy atom. The Kier molecular flexibility index (Phi) is 2.18. The van der Waals surface area contributed by atoms with E-state index in [-0.39, 0.29) is 5.01 Å². The molecule has 15 heavy (non-hydrogen) atoms. The molecule has 0 atom stereocenters. The highest BCUT2D eigenvalue weighted by Gasteiger charge is 2.29. The number of halogens is 2. The Morgan fingerprint density at radius 2 is 1.80 bits per heavy atom. The lowest BCUT2D eigenvalue weighted by Gasteiger charge is -2.03. The molecular formula is C9H9F2N3S. The van der Waals surface area contributed by atoms with E-state index in [0.717, 1.165) is 18.3 Å². The van der Waals surface area contributed by atoms with Crippen molar-refractivity contribution in [3.05, 3.63) is 16.5 Å². The van der Waals surface area contributed by atoms with Crippen molar-refractivity contribution in [1.82, 2.24) is 15.0 Å². The predicted octanol–water partition coefficient (Wildman–Crippen LogP) is 2.81. The van der Waals surface area contributed by atoms with Crippen molar-refractivity contribution in [3.8, 4) is 0 Å². The topological polar surface area (TPSA) is 38.7 Å². The smallest absolute Gasteiger partial charge is 0.236 e. The van der Waals surface area contributed by atoms with Gasteiger partial charge in [0.05, 0.1) is 5.69 Å². The van der Waals surface area contributed by atoms with Gasteiger partial charge in [0.2, 0.25) is 0 Å². The van der Waals surface area contributed by atoms with Crippen molar-refractivity contribution in [2.24, 2.45) is 0 Å². The molecule has 2 aromatic heterocycles. The van der Waals surface area contributed by atoms with Gasteiger partial charge in [0.25, 0.3) is 5.92 Å². The van der Waals surface area contributed by atoms with Crippen LogP contribution in [0.1, 0.15) is 23.4 Å². The molecule has 2 heterocycles. The second kappa shape index (κ2) is 3.16. The number of rotatable bonds is 1. The van der Waals surface area contributed by atoms with Gasteiger partial charge in [-0.1, -0.05) is 11.3 Å². The first-order valence-electron chi connectivity index (χ1n) is 4.38. The molecule has 0 spiro atoms. The summed E-state index contributed by atoms with van der Waals surface area (Å²) in [6, 6.07) is 0. The minimum absolute atomic E-state index is 0.208. The maximum Gasteiger partial charge on any atom is 0.296 e. The lowest BCUT2D eigenvalue weighted by atomic mass is 10.4. The summed E-state index contributed by atoms with van der Waals surface area (Å²) < 4.78 is 26.0. The molecule has 2 rings (SSSR count). The summed E-state index contributed by atoms with van der Waals surface area (Å²) in [6.07, 6.45) is 0. The maximum atomic E-state index is 13.0. The summed E-state index contributed by atoms with van der Waals surface area (Å²) >= 11 is 0.920. The fourth-order valence-electron chi connectivity index (χ4n) is 1.28. The third kappa shape index (κ3) is 1.81. The summed E-state index contributed by atoms with van der Waals surface area (Å²) in [5, 5.41) is -0.208. The number of nitrogens with zero attached hydrogens (tertiary/aromatic N) is 3. The molecule has 0 aliphatic rings. The normalized spacial score (nSPS) is 12.3. The second-order valence-corrected chi connectivity index (χ2v) is 4.39. The van der Waals surface area contributed by atoms with Crippen LogP contribution in [0.5, 0.6) is 0 Å². The van der Waals surface area contributed by atoms with E-state index >= 15 is 0 Å². The monoisotopic (exact) mass is 229 g/mol. The molecule has 0 N–H and O–H groups in total. The van der Waals surface area contributed by atoms with E-state index in [2.05, 4.69) is 15.0 Å². The minimum Gasteiger partial charge on any atom is -0.236 e. The quantitative estimate of drug-likeness (QED) is 0.754. The molecule has 0 fully saturated rings. The van der Waals surface area contributed by atoms with Crippen LogP contribution in [0.4, 0.5) is 8.78 Å². The average molecular weight is 229 g/mol. The van der Waals surface area contributed by atoms with E-state index in [1.807, 2.05) is 0 Å². The Bertz CT molecular complexity index is 516. The van der Waals surface area contributed by atoms with Gasteiger partial charge in [-0.2, -0.15) is 8.78 Å². The summed E-state index contributed by atoms with van der Waals surface area (Å²) in [5.41, 5.74) is 1.12. The van der Waals surface area contributed by atoms with Gasteiger partial charge >= 0.3 is 0 Å². The van der Waals surface area contributed by atoms with Crippen LogP contribution >= 0.6 is 11.3 Å². The highest BCUT2D eigenvalue weighted by molar-refractivity contribution is 7.18. The number of alkyl halides is 2. The van der Waals surface area contributed by atoms with Gasteiger partial charge in [-0.25, -0.2) is 15.0 Å². The molecule has 0 unspecified atom stereocenters. The van der Waals surface area contributed by atoms with Crippen molar-refractivity contribution in [3.63, 3.8) is 0 Å². The van der Waals surface area contributed by atoms with Crippen LogP contribution in [0.25, 0.3) is 10.3 Å². The molecule has 0 bridgehead atoms. The first kappa shape index (κ1) is 10.4. The molecule has 0 aromatic carbocycles. The zero-order chi connectivity index (χ0) is 11.2. The second-order valence-electron chi connectivity index (χ2n) is 3.42. The molecule has 0 amide bonds. The third-order valence-electron chi connectivity index (χ3n) is 1.92. The van der Waals surface area contributed by atoms with Gasteiger partial charge in [0.15, 0.2) is 5.01 Å². The van der Waals surface area contributed by atoms with Crippen molar-refractivity contribution >= 4 is 21.7 Å². The largest absolute Gasteiger partial charge is 0.296 e. The highest BCUT2D eigenvalue weighted by Crippen LogP contribution is 2.33. The molecular weight excluding hydrogens is 220 g/mol. The summed E-state index contributed by atoms with van der Waals surface area (Å²) in [7, 11) is 0. The molecule has 2 aromatic rings. The lowest BCUT2D eigenvalue weighted by molar-refractivity contribution is 0.0174. The molecule has 0 saturated carbocycles. The summed E-state index contributed by atoms with van der Waals surface area (Å²) in [4.78, 5) is 12.6. The van der Waals surface area contributed by atoms with Crippen molar-refractivity contribution < 1.29 is 8.78 Å². The zero-order valence-electron chi connectivity index (χ0n) is 8.51. The minimum atomic E-state index is -2.91. The van der Waals surface area contributed by atoms with Crippen LogP contribution in [-0.4, -0.2) is 15.0 Å². The standard InChI is InChI=1S/C9H9F2N3S/c1-4-6-7(13-5(2)12-4)15-8(14-6)9(3,10)11/h1-3H3. The van der Waals surface area contributed by atoms with Gasteiger partial charge in [-0.15, -0.1) is 0 Å². The number of aromatic nitrogens is 3. The Balaban J connectivity index is 2.71. The number of hydrogen-bond acceptors (Lipinski definition) is 4. The van der Waals surface area contributed by atoms with Crippen LogP contribution < -0.4 is 0 Å². The van der Waals surface area contributed by atoms with Gasteiger partial charge < -0.3 is 0 Å².